The van der Waals surface area contributed by atoms with Gasteiger partial charge in [-0.2, -0.15) is 0 Å². The third-order valence-corrected chi connectivity index (χ3v) is 5.39. The highest BCUT2D eigenvalue weighted by Crippen LogP contribution is 2.20. The highest BCUT2D eigenvalue weighted by molar-refractivity contribution is 5.92. The van der Waals surface area contributed by atoms with E-state index in [0.29, 0.717) is 29.4 Å². The van der Waals surface area contributed by atoms with E-state index in [1.54, 1.807) is 55.2 Å². The number of aromatic amines is 1. The first-order valence-electron chi connectivity index (χ1n) is 11.4. The molecule has 0 aliphatic heterocycles. The number of amides is 1. The van der Waals surface area contributed by atoms with E-state index in [2.05, 4.69) is 40.5 Å². The lowest BCUT2D eigenvalue weighted by Gasteiger charge is -2.09. The Morgan fingerprint density at radius 2 is 1.86 bits per heavy atom. The number of aryl methyl sites for hydroxylation is 1. The number of rotatable bonds is 7. The van der Waals surface area contributed by atoms with Gasteiger partial charge in [-0.1, -0.05) is 6.07 Å². The minimum atomic E-state index is -0.301. The zero-order valence-electron chi connectivity index (χ0n) is 19.8. The Labute approximate surface area is 211 Å². The van der Waals surface area contributed by atoms with Crippen LogP contribution in [0.4, 0.5) is 11.5 Å². The van der Waals surface area contributed by atoms with Gasteiger partial charge in [0.15, 0.2) is 5.82 Å². The van der Waals surface area contributed by atoms with Gasteiger partial charge in [0.05, 0.1) is 5.69 Å². The monoisotopic (exact) mass is 490 g/mol. The lowest BCUT2D eigenvalue weighted by Crippen LogP contribution is -2.23. The molecule has 1 amide bonds. The summed E-state index contributed by atoms with van der Waals surface area (Å²) in [5, 5.41) is 5.97. The van der Waals surface area contributed by atoms with Crippen LogP contribution in [-0.4, -0.2) is 35.8 Å². The van der Waals surface area contributed by atoms with Crippen LogP contribution in [0.5, 0.6) is 0 Å². The molecule has 5 aromatic rings. The van der Waals surface area contributed by atoms with E-state index in [1.165, 1.54) is 6.07 Å². The minimum absolute atomic E-state index is 0.216. The Morgan fingerprint density at radius 1 is 0.946 bits per heavy atom. The topological polar surface area (TPSA) is 138 Å². The molecule has 0 unspecified atom stereocenters. The molecule has 5 rings (SSSR count). The first-order valence-corrected chi connectivity index (χ1v) is 11.4. The standard InChI is InChI=1S/C27H22N8O2/c1-17-11-24(34-21-8-10-29-25(36)12-21)35-26(33-17)20-5-7-23(31-16-20)27(37)32-14-18-4-6-22(30-13-18)19-3-2-9-28-15-19/h2-13,15-16H,14H2,1H3,(H,32,37)(H2,29,33,34,35,36). The molecule has 0 fully saturated rings. The second-order valence-electron chi connectivity index (χ2n) is 8.19. The first kappa shape index (κ1) is 23.5. The molecule has 0 aliphatic rings. The van der Waals surface area contributed by atoms with E-state index in [1.807, 2.05) is 31.2 Å². The number of carbonyl (C=O) groups excluding carboxylic acids is 1. The number of pyridine rings is 4. The third kappa shape index (κ3) is 5.88. The van der Waals surface area contributed by atoms with Crippen molar-refractivity contribution in [3.8, 4) is 22.6 Å². The van der Waals surface area contributed by atoms with Crippen molar-refractivity contribution >= 4 is 17.4 Å². The lowest BCUT2D eigenvalue weighted by molar-refractivity contribution is 0.0946. The first-order chi connectivity index (χ1) is 18.0. The second-order valence-corrected chi connectivity index (χ2v) is 8.19. The van der Waals surface area contributed by atoms with Crippen molar-refractivity contribution < 1.29 is 4.79 Å². The summed E-state index contributed by atoms with van der Waals surface area (Å²) in [6.07, 6.45) is 8.31. The second kappa shape index (κ2) is 10.6. The number of hydrogen-bond acceptors (Lipinski definition) is 8. The van der Waals surface area contributed by atoms with Gasteiger partial charge < -0.3 is 15.6 Å². The largest absolute Gasteiger partial charge is 0.347 e. The normalized spacial score (nSPS) is 10.6. The fourth-order valence-electron chi connectivity index (χ4n) is 3.58. The van der Waals surface area contributed by atoms with Crippen LogP contribution < -0.4 is 16.2 Å². The van der Waals surface area contributed by atoms with E-state index < -0.39 is 0 Å². The molecule has 5 aromatic heterocycles. The van der Waals surface area contributed by atoms with Gasteiger partial charge in [-0.05, 0) is 48.9 Å². The molecule has 10 nitrogen and oxygen atoms in total. The van der Waals surface area contributed by atoms with Crippen LogP contribution in [0.1, 0.15) is 21.7 Å². The highest BCUT2D eigenvalue weighted by atomic mass is 16.1. The number of aromatic nitrogens is 6. The summed E-state index contributed by atoms with van der Waals surface area (Å²) in [6, 6.07) is 15.9. The predicted octanol–water partition coefficient (Wildman–Crippen LogP) is 3.67. The fourth-order valence-corrected chi connectivity index (χ4v) is 3.58. The highest BCUT2D eigenvalue weighted by Gasteiger charge is 2.11. The van der Waals surface area contributed by atoms with E-state index in [0.717, 1.165) is 22.5 Å². The zero-order chi connectivity index (χ0) is 25.6. The Bertz CT molecular complexity index is 1580. The molecule has 0 atom stereocenters. The van der Waals surface area contributed by atoms with Crippen LogP contribution in [0.2, 0.25) is 0 Å². The smallest absolute Gasteiger partial charge is 0.270 e. The van der Waals surface area contributed by atoms with Gasteiger partial charge in [0.1, 0.15) is 11.5 Å². The van der Waals surface area contributed by atoms with Crippen LogP contribution in [0.15, 0.2) is 90.4 Å². The van der Waals surface area contributed by atoms with Gasteiger partial charge in [0, 0.05) is 72.2 Å². The predicted molar refractivity (Wildman–Crippen MR) is 139 cm³/mol. The van der Waals surface area contributed by atoms with Crippen molar-refractivity contribution in [2.45, 2.75) is 13.5 Å². The lowest BCUT2D eigenvalue weighted by atomic mass is 10.1. The van der Waals surface area contributed by atoms with Crippen LogP contribution >= 0.6 is 0 Å². The molecular formula is C27H22N8O2. The van der Waals surface area contributed by atoms with Crippen LogP contribution in [0.3, 0.4) is 0 Å². The molecule has 182 valence electrons. The minimum Gasteiger partial charge on any atom is -0.347 e. The van der Waals surface area contributed by atoms with E-state index >= 15 is 0 Å². The maximum absolute atomic E-state index is 12.6. The van der Waals surface area contributed by atoms with E-state index in [4.69, 9.17) is 0 Å². The van der Waals surface area contributed by atoms with Gasteiger partial charge >= 0.3 is 0 Å². The molecule has 0 aliphatic carbocycles. The number of carbonyl (C=O) groups is 1. The SMILES string of the molecule is Cc1cc(Nc2cc[nH]c(=O)c2)nc(-c2ccc(C(=O)NCc3ccc(-c4cccnc4)nc3)nc2)n1. The van der Waals surface area contributed by atoms with Gasteiger partial charge in [-0.25, -0.2) is 9.97 Å². The van der Waals surface area contributed by atoms with Crippen molar-refractivity contribution in [1.29, 1.82) is 0 Å². The molecule has 0 saturated carbocycles. The fraction of sp³-hybridized carbons (Fsp3) is 0.0741. The van der Waals surface area contributed by atoms with Crippen molar-refractivity contribution in [1.82, 2.24) is 35.2 Å². The average molecular weight is 491 g/mol. The van der Waals surface area contributed by atoms with Gasteiger partial charge in [-0.3, -0.25) is 24.5 Å². The average Bonchev–Trinajstić information content (AvgIpc) is 2.92. The van der Waals surface area contributed by atoms with Crippen LogP contribution in [0.25, 0.3) is 22.6 Å². The summed E-state index contributed by atoms with van der Waals surface area (Å²) in [6.45, 7) is 2.17. The Morgan fingerprint density at radius 3 is 2.59 bits per heavy atom. The van der Waals surface area contributed by atoms with Crippen molar-refractivity contribution in [2.24, 2.45) is 0 Å². The summed E-state index contributed by atoms with van der Waals surface area (Å²) in [7, 11) is 0. The Balaban J connectivity index is 1.23. The number of nitrogens with one attached hydrogen (secondary N) is 3. The summed E-state index contributed by atoms with van der Waals surface area (Å²) in [5.74, 6) is 0.689. The van der Waals surface area contributed by atoms with E-state index in [-0.39, 0.29) is 17.2 Å². The Kier molecular flexibility index (Phi) is 6.71. The molecular weight excluding hydrogens is 468 g/mol. The number of nitrogens with zero attached hydrogens (tertiary/aromatic N) is 5. The van der Waals surface area contributed by atoms with E-state index in [9.17, 15) is 9.59 Å². The van der Waals surface area contributed by atoms with Crippen molar-refractivity contribution in [3.05, 3.63) is 113 Å². The zero-order valence-corrected chi connectivity index (χ0v) is 19.8. The quantitative estimate of drug-likeness (QED) is 0.314. The molecule has 5 heterocycles. The Hall–Kier alpha value is -5.25. The summed E-state index contributed by atoms with van der Waals surface area (Å²) < 4.78 is 0. The maximum Gasteiger partial charge on any atom is 0.270 e. The molecule has 10 heteroatoms. The number of hydrogen-bond donors (Lipinski definition) is 3. The number of H-pyrrole nitrogens is 1. The maximum atomic E-state index is 12.6. The molecule has 37 heavy (non-hydrogen) atoms. The molecule has 0 bridgehead atoms. The molecule has 0 radical (unpaired) electrons. The van der Waals surface area contributed by atoms with Crippen molar-refractivity contribution in [2.75, 3.05) is 5.32 Å². The summed E-state index contributed by atoms with van der Waals surface area (Å²) in [4.78, 5) is 48.6. The van der Waals surface area contributed by atoms with Gasteiger partial charge in [0.25, 0.3) is 5.91 Å². The molecule has 0 aromatic carbocycles. The molecule has 3 N–H and O–H groups in total. The summed E-state index contributed by atoms with van der Waals surface area (Å²) in [5.41, 5.74) is 4.68. The third-order valence-electron chi connectivity index (χ3n) is 5.39. The van der Waals surface area contributed by atoms with Gasteiger partial charge in [-0.15, -0.1) is 0 Å². The van der Waals surface area contributed by atoms with Crippen LogP contribution in [0, 0.1) is 6.92 Å². The molecule has 0 saturated heterocycles. The number of anilines is 2. The summed E-state index contributed by atoms with van der Waals surface area (Å²) >= 11 is 0. The van der Waals surface area contributed by atoms with Gasteiger partial charge in [0.2, 0.25) is 5.56 Å². The molecule has 0 spiro atoms. The van der Waals surface area contributed by atoms with Crippen molar-refractivity contribution in [3.63, 3.8) is 0 Å². The van der Waals surface area contributed by atoms with Crippen LogP contribution in [-0.2, 0) is 6.54 Å².